The second kappa shape index (κ2) is 5.07. The molecule has 1 radical (unpaired) electrons. The molecule has 0 saturated carbocycles. The molecule has 0 rings (SSSR count). The molecule has 1 unspecified atom stereocenters. The lowest BCUT2D eigenvalue weighted by Gasteiger charge is -2.26. The first-order chi connectivity index (χ1) is 5.91. The Balaban J connectivity index is 3.86. The summed E-state index contributed by atoms with van der Waals surface area (Å²) in [6.45, 7) is 7.64. The van der Waals surface area contributed by atoms with Crippen LogP contribution in [0.2, 0.25) is 0 Å². The van der Waals surface area contributed by atoms with Crippen molar-refractivity contribution in [1.29, 1.82) is 0 Å². The predicted octanol–water partition coefficient (Wildman–Crippen LogP) is 1.36. The molecule has 0 aromatic heterocycles. The third-order valence-corrected chi connectivity index (χ3v) is 1.80. The molecule has 0 aliphatic heterocycles. The van der Waals surface area contributed by atoms with Crippen LogP contribution in [0.25, 0.3) is 0 Å². The molecule has 0 spiro atoms. The standard InChI is InChI=1S/C9H18NO3/c1-7(10-8(11)12-4)6-9(2,3)13-5/h7H,1,6H2,2-5H3,(H,10,11). The smallest absolute Gasteiger partial charge is 0.407 e. The van der Waals surface area contributed by atoms with Gasteiger partial charge in [-0.3, -0.25) is 0 Å². The average Bonchev–Trinajstić information content (AvgIpc) is 2.03. The molecule has 1 N–H and O–H groups in total. The highest BCUT2D eigenvalue weighted by atomic mass is 16.5. The van der Waals surface area contributed by atoms with Gasteiger partial charge in [0.15, 0.2) is 0 Å². The van der Waals surface area contributed by atoms with Crippen LogP contribution >= 0.6 is 0 Å². The van der Waals surface area contributed by atoms with Crippen molar-refractivity contribution in [2.24, 2.45) is 0 Å². The summed E-state index contributed by atoms with van der Waals surface area (Å²) >= 11 is 0. The molecule has 0 aromatic carbocycles. The van der Waals surface area contributed by atoms with Crippen LogP contribution in [0.15, 0.2) is 0 Å². The quantitative estimate of drug-likeness (QED) is 0.724. The van der Waals surface area contributed by atoms with Gasteiger partial charge in [0.1, 0.15) is 0 Å². The van der Waals surface area contributed by atoms with Gasteiger partial charge in [0.05, 0.1) is 12.7 Å². The second-order valence-corrected chi connectivity index (χ2v) is 3.50. The lowest BCUT2D eigenvalue weighted by atomic mass is 10.0. The number of amides is 1. The van der Waals surface area contributed by atoms with Gasteiger partial charge in [0.2, 0.25) is 0 Å². The minimum Gasteiger partial charge on any atom is -0.453 e. The van der Waals surface area contributed by atoms with Crippen LogP contribution in [-0.2, 0) is 9.47 Å². The summed E-state index contributed by atoms with van der Waals surface area (Å²) in [4.78, 5) is 10.8. The number of carbonyl (C=O) groups excluding carboxylic acids is 1. The molecule has 0 bridgehead atoms. The molecule has 4 heteroatoms. The Hall–Kier alpha value is -0.770. The highest BCUT2D eigenvalue weighted by molar-refractivity contribution is 5.67. The average molecular weight is 188 g/mol. The Morgan fingerprint density at radius 2 is 2.08 bits per heavy atom. The van der Waals surface area contributed by atoms with Gasteiger partial charge < -0.3 is 14.8 Å². The molecular weight excluding hydrogens is 170 g/mol. The van der Waals surface area contributed by atoms with Gasteiger partial charge in [-0.15, -0.1) is 0 Å². The molecule has 0 fully saturated rings. The molecule has 0 aromatic rings. The fraction of sp³-hybridized carbons (Fsp3) is 0.778. The van der Waals surface area contributed by atoms with Crippen LogP contribution in [0.4, 0.5) is 4.79 Å². The minimum atomic E-state index is -0.466. The number of nitrogens with one attached hydrogen (secondary N) is 1. The maximum atomic E-state index is 10.8. The number of hydrogen-bond donors (Lipinski definition) is 1. The summed E-state index contributed by atoms with van der Waals surface area (Å²) in [6, 6.07) is -0.206. The van der Waals surface area contributed by atoms with Gasteiger partial charge >= 0.3 is 6.09 Å². The molecular formula is C9H18NO3. The normalized spacial score (nSPS) is 13.6. The molecule has 0 aliphatic rings. The predicted molar refractivity (Wildman–Crippen MR) is 50.4 cm³/mol. The first-order valence-corrected chi connectivity index (χ1v) is 4.14. The first kappa shape index (κ1) is 12.2. The van der Waals surface area contributed by atoms with Gasteiger partial charge in [-0.05, 0) is 27.2 Å². The number of ether oxygens (including phenoxy) is 2. The van der Waals surface area contributed by atoms with E-state index in [9.17, 15) is 4.79 Å². The number of methoxy groups -OCH3 is 2. The third-order valence-electron chi connectivity index (χ3n) is 1.80. The van der Waals surface area contributed by atoms with E-state index in [2.05, 4.69) is 17.0 Å². The van der Waals surface area contributed by atoms with Crippen molar-refractivity contribution >= 4 is 6.09 Å². The Bertz CT molecular complexity index is 168. The summed E-state index contributed by atoms with van der Waals surface area (Å²) in [5, 5.41) is 2.57. The summed E-state index contributed by atoms with van der Waals surface area (Å²) in [5.74, 6) is 0. The Morgan fingerprint density at radius 3 is 2.46 bits per heavy atom. The molecule has 1 amide bonds. The third kappa shape index (κ3) is 5.47. The van der Waals surface area contributed by atoms with Crippen LogP contribution in [0.1, 0.15) is 20.3 Å². The topological polar surface area (TPSA) is 47.6 Å². The van der Waals surface area contributed by atoms with Crippen molar-refractivity contribution in [3.8, 4) is 0 Å². The summed E-state index contributed by atoms with van der Waals surface area (Å²) in [7, 11) is 2.95. The van der Waals surface area contributed by atoms with Crippen molar-refractivity contribution in [1.82, 2.24) is 5.32 Å². The lowest BCUT2D eigenvalue weighted by molar-refractivity contribution is 0.0107. The van der Waals surface area contributed by atoms with Gasteiger partial charge in [-0.1, -0.05) is 0 Å². The van der Waals surface area contributed by atoms with Gasteiger partial charge in [-0.25, -0.2) is 4.79 Å². The van der Waals surface area contributed by atoms with Crippen LogP contribution in [0.3, 0.4) is 0 Å². The number of rotatable bonds is 4. The Morgan fingerprint density at radius 1 is 1.54 bits per heavy atom. The molecule has 0 heterocycles. The maximum Gasteiger partial charge on any atom is 0.407 e. The van der Waals surface area contributed by atoms with E-state index in [-0.39, 0.29) is 11.6 Å². The zero-order valence-electron chi connectivity index (χ0n) is 8.72. The zero-order chi connectivity index (χ0) is 10.5. The number of carbonyl (C=O) groups is 1. The van der Waals surface area contributed by atoms with Crippen molar-refractivity contribution in [2.45, 2.75) is 31.9 Å². The summed E-state index contributed by atoms with van der Waals surface area (Å²) in [5.41, 5.74) is -0.284. The lowest BCUT2D eigenvalue weighted by Crippen LogP contribution is -2.39. The number of hydrogen-bond acceptors (Lipinski definition) is 3. The number of alkyl carbamates (subject to hydrolysis) is 1. The van der Waals surface area contributed by atoms with Crippen LogP contribution in [0, 0.1) is 6.92 Å². The molecule has 0 saturated heterocycles. The van der Waals surface area contributed by atoms with E-state index in [4.69, 9.17) is 4.74 Å². The van der Waals surface area contributed by atoms with Crippen LogP contribution < -0.4 is 5.32 Å². The van der Waals surface area contributed by atoms with Crippen molar-refractivity contribution in [2.75, 3.05) is 14.2 Å². The first-order valence-electron chi connectivity index (χ1n) is 4.14. The Kier molecular flexibility index (Phi) is 4.77. The molecule has 0 aliphatic carbocycles. The van der Waals surface area contributed by atoms with Gasteiger partial charge in [0, 0.05) is 13.2 Å². The van der Waals surface area contributed by atoms with Crippen molar-refractivity contribution in [3.63, 3.8) is 0 Å². The largest absolute Gasteiger partial charge is 0.453 e. The highest BCUT2D eigenvalue weighted by Gasteiger charge is 2.21. The van der Waals surface area contributed by atoms with E-state index < -0.39 is 6.09 Å². The minimum absolute atomic E-state index is 0.206. The van der Waals surface area contributed by atoms with E-state index in [0.717, 1.165) is 0 Å². The van der Waals surface area contributed by atoms with E-state index in [1.807, 2.05) is 13.8 Å². The highest BCUT2D eigenvalue weighted by Crippen LogP contribution is 2.14. The molecule has 77 valence electrons. The molecule has 1 atom stereocenters. The monoisotopic (exact) mass is 188 g/mol. The van der Waals surface area contributed by atoms with Crippen LogP contribution in [-0.4, -0.2) is 32.0 Å². The van der Waals surface area contributed by atoms with E-state index in [0.29, 0.717) is 6.42 Å². The maximum absolute atomic E-state index is 10.8. The van der Waals surface area contributed by atoms with Crippen LogP contribution in [0.5, 0.6) is 0 Å². The van der Waals surface area contributed by atoms with Crippen molar-refractivity contribution < 1.29 is 14.3 Å². The fourth-order valence-corrected chi connectivity index (χ4v) is 0.953. The van der Waals surface area contributed by atoms with E-state index in [1.54, 1.807) is 7.11 Å². The Labute approximate surface area is 79.6 Å². The second-order valence-electron chi connectivity index (χ2n) is 3.50. The molecule has 4 nitrogen and oxygen atoms in total. The summed E-state index contributed by atoms with van der Waals surface area (Å²) in [6.07, 6.45) is 0.172. The van der Waals surface area contributed by atoms with Gasteiger partial charge in [-0.2, -0.15) is 0 Å². The van der Waals surface area contributed by atoms with Crippen molar-refractivity contribution in [3.05, 3.63) is 6.92 Å². The van der Waals surface area contributed by atoms with E-state index in [1.165, 1.54) is 7.11 Å². The SMILES string of the molecule is [CH2]C(CC(C)(C)OC)NC(=O)OC. The zero-order valence-corrected chi connectivity index (χ0v) is 8.72. The molecule has 13 heavy (non-hydrogen) atoms. The van der Waals surface area contributed by atoms with Gasteiger partial charge in [0.25, 0.3) is 0 Å². The fourth-order valence-electron chi connectivity index (χ4n) is 0.953. The van der Waals surface area contributed by atoms with E-state index >= 15 is 0 Å². The summed E-state index contributed by atoms with van der Waals surface area (Å²) < 4.78 is 9.63.